The van der Waals surface area contributed by atoms with Crippen LogP contribution >= 0.6 is 35.7 Å². The van der Waals surface area contributed by atoms with Crippen LogP contribution in [-0.4, -0.2) is 6.54 Å². The van der Waals surface area contributed by atoms with Crippen LogP contribution in [0.4, 0.5) is 22.7 Å². The van der Waals surface area contributed by atoms with Crippen molar-refractivity contribution in [1.29, 1.82) is 0 Å². The molecular formula is C20H20IN3S. The monoisotopic (exact) mass is 461 g/mol. The van der Waals surface area contributed by atoms with E-state index in [-0.39, 0.29) is 24.0 Å². The van der Waals surface area contributed by atoms with Crippen LogP contribution in [0.3, 0.4) is 0 Å². The minimum atomic E-state index is 0. The highest BCUT2D eigenvalue weighted by Crippen LogP contribution is 2.48. The number of benzene rings is 3. The lowest BCUT2D eigenvalue weighted by Gasteiger charge is -2.23. The van der Waals surface area contributed by atoms with Crippen LogP contribution in [-0.2, 0) is 0 Å². The minimum absolute atomic E-state index is 0. The van der Waals surface area contributed by atoms with E-state index < -0.39 is 0 Å². The van der Waals surface area contributed by atoms with Crippen molar-refractivity contribution >= 4 is 58.5 Å². The molecule has 128 valence electrons. The zero-order chi connectivity index (χ0) is 16.5. The Morgan fingerprint density at radius 2 is 1.80 bits per heavy atom. The summed E-state index contributed by atoms with van der Waals surface area (Å²) < 4.78 is 0. The van der Waals surface area contributed by atoms with E-state index >= 15 is 0 Å². The van der Waals surface area contributed by atoms with Crippen LogP contribution in [0.25, 0.3) is 11.1 Å². The van der Waals surface area contributed by atoms with Gasteiger partial charge in [0.2, 0.25) is 0 Å². The van der Waals surface area contributed by atoms with E-state index in [1.165, 1.54) is 15.4 Å². The molecule has 3 aromatic carbocycles. The summed E-state index contributed by atoms with van der Waals surface area (Å²) in [4.78, 5) is 2.50. The number of hydrogen-bond donors (Lipinski definition) is 3. The van der Waals surface area contributed by atoms with Gasteiger partial charge in [-0.1, -0.05) is 42.1 Å². The van der Waals surface area contributed by atoms with Crippen molar-refractivity contribution in [3.63, 3.8) is 0 Å². The molecule has 0 bridgehead atoms. The smallest absolute Gasteiger partial charge is 0.0606 e. The van der Waals surface area contributed by atoms with E-state index in [1.54, 1.807) is 11.8 Å². The summed E-state index contributed by atoms with van der Waals surface area (Å²) in [5, 5.41) is 6.93. The molecule has 0 saturated heterocycles. The fraction of sp³-hybridized carbons (Fsp3) is 0.100. The summed E-state index contributed by atoms with van der Waals surface area (Å²) in [5.41, 5.74) is 12.5. The molecule has 1 heterocycles. The lowest BCUT2D eigenvalue weighted by molar-refractivity contribution is 1.21. The molecule has 3 nitrogen and oxygen atoms in total. The van der Waals surface area contributed by atoms with Crippen molar-refractivity contribution < 1.29 is 0 Å². The number of nitrogens with one attached hydrogen (secondary N) is 2. The van der Waals surface area contributed by atoms with E-state index in [0.717, 1.165) is 34.9 Å². The van der Waals surface area contributed by atoms with Gasteiger partial charge >= 0.3 is 0 Å². The maximum absolute atomic E-state index is 6.07. The Hall–Kier alpha value is -1.86. The van der Waals surface area contributed by atoms with Crippen LogP contribution in [0.2, 0.25) is 0 Å². The van der Waals surface area contributed by atoms with Crippen LogP contribution < -0.4 is 16.4 Å². The zero-order valence-corrected chi connectivity index (χ0v) is 17.0. The van der Waals surface area contributed by atoms with E-state index in [2.05, 4.69) is 72.2 Å². The fourth-order valence-electron chi connectivity index (χ4n) is 2.97. The third kappa shape index (κ3) is 3.43. The molecule has 0 atom stereocenters. The van der Waals surface area contributed by atoms with Crippen molar-refractivity contribution in [2.24, 2.45) is 0 Å². The van der Waals surface area contributed by atoms with Gasteiger partial charge in [-0.05, 0) is 42.8 Å². The average Bonchev–Trinajstić information content (AvgIpc) is 2.61. The van der Waals surface area contributed by atoms with Crippen molar-refractivity contribution in [2.45, 2.75) is 16.7 Å². The number of anilines is 4. The Balaban J connectivity index is 0.00000182. The highest BCUT2D eigenvalue weighted by molar-refractivity contribution is 14.0. The number of nitrogens with two attached hydrogens (primary N) is 1. The third-order valence-corrected chi connectivity index (χ3v) is 5.26. The topological polar surface area (TPSA) is 50.1 Å². The van der Waals surface area contributed by atoms with Crippen molar-refractivity contribution in [3.8, 4) is 11.1 Å². The second kappa shape index (κ2) is 7.58. The maximum atomic E-state index is 6.07. The molecule has 0 fully saturated rings. The van der Waals surface area contributed by atoms with E-state index in [0.29, 0.717) is 0 Å². The average molecular weight is 461 g/mol. The van der Waals surface area contributed by atoms with Crippen LogP contribution in [0.15, 0.2) is 70.5 Å². The summed E-state index contributed by atoms with van der Waals surface area (Å²) in [5.74, 6) is 0. The zero-order valence-electron chi connectivity index (χ0n) is 13.9. The molecular weight excluding hydrogens is 441 g/mol. The Morgan fingerprint density at radius 1 is 1.00 bits per heavy atom. The first kappa shape index (κ1) is 17.9. The predicted octanol–water partition coefficient (Wildman–Crippen LogP) is 6.19. The van der Waals surface area contributed by atoms with E-state index in [9.17, 15) is 0 Å². The van der Waals surface area contributed by atoms with Crippen LogP contribution in [0.5, 0.6) is 0 Å². The minimum Gasteiger partial charge on any atom is -0.397 e. The molecule has 0 aliphatic carbocycles. The van der Waals surface area contributed by atoms with Crippen molar-refractivity contribution in [3.05, 3.63) is 60.7 Å². The highest BCUT2D eigenvalue weighted by atomic mass is 127. The lowest BCUT2D eigenvalue weighted by Crippen LogP contribution is -2.03. The lowest BCUT2D eigenvalue weighted by atomic mass is 10.0. The molecule has 3 aromatic rings. The maximum Gasteiger partial charge on any atom is 0.0606 e. The normalized spacial score (nSPS) is 11.6. The third-order valence-electron chi connectivity index (χ3n) is 4.12. The summed E-state index contributed by atoms with van der Waals surface area (Å²) in [6.45, 7) is 2.92. The molecule has 0 spiro atoms. The van der Waals surface area contributed by atoms with Crippen molar-refractivity contribution in [1.82, 2.24) is 0 Å². The number of para-hydroxylation sites is 2. The van der Waals surface area contributed by atoms with E-state index in [1.807, 2.05) is 6.07 Å². The number of halogens is 1. The molecule has 0 saturated carbocycles. The summed E-state index contributed by atoms with van der Waals surface area (Å²) in [6, 6.07) is 21.0. The highest BCUT2D eigenvalue weighted by Gasteiger charge is 2.18. The Kier molecular flexibility index (Phi) is 5.44. The van der Waals surface area contributed by atoms with Gasteiger partial charge < -0.3 is 16.4 Å². The first-order chi connectivity index (χ1) is 11.8. The second-order valence-corrected chi connectivity index (χ2v) is 6.82. The SMILES string of the molecule is CCNc1cc(-c2cccc3c2Nc2ccccc2S3)ccc1N.I. The van der Waals surface area contributed by atoms with Gasteiger partial charge in [0.1, 0.15) is 0 Å². The molecule has 1 aliphatic heterocycles. The number of rotatable bonds is 3. The number of hydrogen-bond acceptors (Lipinski definition) is 4. The Labute approximate surface area is 169 Å². The van der Waals surface area contributed by atoms with Crippen LogP contribution in [0, 0.1) is 0 Å². The molecule has 0 radical (unpaired) electrons. The molecule has 0 amide bonds. The van der Waals surface area contributed by atoms with Gasteiger partial charge in [0.15, 0.2) is 0 Å². The predicted molar refractivity (Wildman–Crippen MR) is 120 cm³/mol. The number of nitrogen functional groups attached to an aromatic ring is 1. The van der Waals surface area contributed by atoms with Gasteiger partial charge in [-0.3, -0.25) is 0 Å². The Bertz CT molecular complexity index is 911. The standard InChI is InChI=1S/C20H19N3S.HI/c1-2-22-17-12-13(10-11-15(17)21)14-6-5-9-19-20(14)23-16-7-3-4-8-18(16)24-19;/h3-12,22-23H,2,21H2,1H3;1H. The first-order valence-corrected chi connectivity index (χ1v) is 8.88. The van der Waals surface area contributed by atoms with Gasteiger partial charge in [-0.25, -0.2) is 0 Å². The Morgan fingerprint density at radius 3 is 2.64 bits per heavy atom. The van der Waals surface area contributed by atoms with Crippen LogP contribution in [0.1, 0.15) is 6.92 Å². The molecule has 1 aliphatic rings. The molecule has 0 aromatic heterocycles. The van der Waals surface area contributed by atoms with Gasteiger partial charge in [0.25, 0.3) is 0 Å². The molecule has 0 unspecified atom stereocenters. The quantitative estimate of drug-likeness (QED) is 0.251. The summed E-state index contributed by atoms with van der Waals surface area (Å²) in [6.07, 6.45) is 0. The van der Waals surface area contributed by atoms with E-state index in [4.69, 9.17) is 5.73 Å². The van der Waals surface area contributed by atoms with Gasteiger partial charge in [0.05, 0.1) is 22.7 Å². The summed E-state index contributed by atoms with van der Waals surface area (Å²) >= 11 is 1.81. The fourth-order valence-corrected chi connectivity index (χ4v) is 3.99. The van der Waals surface area contributed by atoms with Gasteiger partial charge in [-0.15, -0.1) is 24.0 Å². The first-order valence-electron chi connectivity index (χ1n) is 8.07. The van der Waals surface area contributed by atoms with Gasteiger partial charge in [-0.2, -0.15) is 0 Å². The molecule has 25 heavy (non-hydrogen) atoms. The van der Waals surface area contributed by atoms with Gasteiger partial charge in [0, 0.05) is 21.9 Å². The second-order valence-electron chi connectivity index (χ2n) is 5.73. The molecule has 4 N–H and O–H groups in total. The largest absolute Gasteiger partial charge is 0.397 e. The summed E-state index contributed by atoms with van der Waals surface area (Å²) in [7, 11) is 0. The molecule has 4 rings (SSSR count). The number of fused-ring (bicyclic) bond motifs is 2. The molecule has 5 heteroatoms. The van der Waals surface area contributed by atoms with Crippen molar-refractivity contribution in [2.75, 3.05) is 22.9 Å².